The molecule has 0 spiro atoms. The molecule has 0 radical (unpaired) electrons. The predicted octanol–water partition coefficient (Wildman–Crippen LogP) is 3.73. The Hall–Kier alpha value is -1.74. The Morgan fingerprint density at radius 2 is 2.00 bits per heavy atom. The van der Waals surface area contributed by atoms with Gasteiger partial charge in [-0.15, -0.1) is 0 Å². The highest BCUT2D eigenvalue weighted by Crippen LogP contribution is 2.20. The summed E-state index contributed by atoms with van der Waals surface area (Å²) in [4.78, 5) is 4.43. The van der Waals surface area contributed by atoms with Crippen LogP contribution in [0.3, 0.4) is 0 Å². The summed E-state index contributed by atoms with van der Waals surface area (Å²) in [6.07, 6.45) is 2.63. The van der Waals surface area contributed by atoms with Crippen molar-refractivity contribution >= 4 is 0 Å². The lowest BCUT2D eigenvalue weighted by molar-refractivity contribution is 0.536. The van der Waals surface area contributed by atoms with Crippen molar-refractivity contribution in [2.45, 2.75) is 33.2 Å². The van der Waals surface area contributed by atoms with Crippen LogP contribution in [0.4, 0.5) is 4.39 Å². The summed E-state index contributed by atoms with van der Waals surface area (Å²) >= 11 is 0. The van der Waals surface area contributed by atoms with Crippen molar-refractivity contribution in [2.24, 2.45) is 0 Å². The lowest BCUT2D eigenvalue weighted by Crippen LogP contribution is -2.23. The minimum Gasteiger partial charge on any atom is -0.310 e. The highest BCUT2D eigenvalue weighted by atomic mass is 19.1. The number of aromatic nitrogens is 1. The lowest BCUT2D eigenvalue weighted by Gasteiger charge is -2.18. The van der Waals surface area contributed by atoms with Crippen LogP contribution in [0.25, 0.3) is 0 Å². The van der Waals surface area contributed by atoms with Crippen molar-refractivity contribution in [1.29, 1.82) is 0 Å². The number of hydrogen-bond donors (Lipinski definition) is 1. The first-order chi connectivity index (χ1) is 9.60. The van der Waals surface area contributed by atoms with E-state index in [2.05, 4.69) is 23.3 Å². The third-order valence-corrected chi connectivity index (χ3v) is 3.43. The molecule has 2 aromatic rings. The molecule has 1 heterocycles. The molecule has 0 fully saturated rings. The van der Waals surface area contributed by atoms with Crippen LogP contribution in [0, 0.1) is 19.7 Å². The number of nitrogens with one attached hydrogen (secondary N) is 1. The number of likely N-dealkylation sites (N-methyl/N-ethyl adjacent to an activating group) is 1. The maximum absolute atomic E-state index is 13.7. The van der Waals surface area contributed by atoms with Gasteiger partial charge in [0.2, 0.25) is 0 Å². The topological polar surface area (TPSA) is 24.9 Å². The summed E-state index contributed by atoms with van der Waals surface area (Å²) in [5, 5.41) is 3.40. The number of benzene rings is 1. The van der Waals surface area contributed by atoms with Crippen molar-refractivity contribution in [1.82, 2.24) is 10.3 Å². The summed E-state index contributed by atoms with van der Waals surface area (Å²) in [5.41, 5.74) is 3.81. The Kier molecular flexibility index (Phi) is 4.85. The Morgan fingerprint density at radius 1 is 1.20 bits per heavy atom. The van der Waals surface area contributed by atoms with Gasteiger partial charge in [-0.25, -0.2) is 4.39 Å². The first-order valence-electron chi connectivity index (χ1n) is 7.01. The zero-order valence-corrected chi connectivity index (χ0v) is 12.3. The number of aryl methyl sites for hydroxylation is 2. The molecule has 1 atom stereocenters. The van der Waals surface area contributed by atoms with Crippen LogP contribution >= 0.6 is 0 Å². The standard InChI is InChI=1S/C17H21FN2/c1-4-19-17(10-15-8-5-12(2)11-20-15)14-7-6-13(3)16(18)9-14/h5-9,11,17,19H,4,10H2,1-3H3. The molecular weight excluding hydrogens is 251 g/mol. The zero-order valence-electron chi connectivity index (χ0n) is 12.3. The number of hydrogen-bond acceptors (Lipinski definition) is 2. The molecule has 0 amide bonds. The van der Waals surface area contributed by atoms with E-state index in [1.54, 1.807) is 13.0 Å². The largest absolute Gasteiger partial charge is 0.310 e. The minimum atomic E-state index is -0.151. The molecule has 20 heavy (non-hydrogen) atoms. The summed E-state index contributed by atoms with van der Waals surface area (Å²) in [6.45, 7) is 6.70. The number of rotatable bonds is 5. The molecular formula is C17H21FN2. The zero-order chi connectivity index (χ0) is 14.5. The number of pyridine rings is 1. The van der Waals surface area contributed by atoms with Gasteiger partial charge in [-0.2, -0.15) is 0 Å². The third kappa shape index (κ3) is 3.64. The van der Waals surface area contributed by atoms with Gasteiger partial charge in [0.05, 0.1) is 0 Å². The van der Waals surface area contributed by atoms with Gasteiger partial charge in [0, 0.05) is 24.4 Å². The monoisotopic (exact) mass is 272 g/mol. The van der Waals surface area contributed by atoms with E-state index in [0.717, 1.165) is 29.8 Å². The fourth-order valence-corrected chi connectivity index (χ4v) is 2.21. The fraction of sp³-hybridized carbons (Fsp3) is 0.353. The van der Waals surface area contributed by atoms with E-state index in [0.29, 0.717) is 5.56 Å². The van der Waals surface area contributed by atoms with Crippen LogP contribution in [-0.4, -0.2) is 11.5 Å². The molecule has 1 N–H and O–H groups in total. The van der Waals surface area contributed by atoms with E-state index in [1.165, 1.54) is 0 Å². The average molecular weight is 272 g/mol. The molecule has 2 rings (SSSR count). The van der Waals surface area contributed by atoms with Gasteiger partial charge in [0.15, 0.2) is 0 Å². The van der Waals surface area contributed by atoms with Gasteiger partial charge in [-0.3, -0.25) is 4.98 Å². The molecule has 0 aliphatic rings. The normalized spacial score (nSPS) is 12.4. The van der Waals surface area contributed by atoms with E-state index in [-0.39, 0.29) is 11.9 Å². The maximum Gasteiger partial charge on any atom is 0.126 e. The second kappa shape index (κ2) is 6.62. The lowest BCUT2D eigenvalue weighted by atomic mass is 10.00. The van der Waals surface area contributed by atoms with Crippen LogP contribution in [0.15, 0.2) is 36.5 Å². The Bertz CT molecular complexity index is 564. The summed E-state index contributed by atoms with van der Waals surface area (Å²) in [6, 6.07) is 9.62. The number of halogens is 1. The van der Waals surface area contributed by atoms with Crippen molar-refractivity contribution in [3.8, 4) is 0 Å². The Labute approximate surface area is 120 Å². The number of nitrogens with zero attached hydrogens (tertiary/aromatic N) is 1. The summed E-state index contributed by atoms with van der Waals surface area (Å²) in [7, 11) is 0. The predicted molar refractivity (Wildman–Crippen MR) is 80.2 cm³/mol. The van der Waals surface area contributed by atoms with E-state index in [4.69, 9.17) is 0 Å². The molecule has 0 saturated carbocycles. The molecule has 3 heteroatoms. The molecule has 1 aromatic heterocycles. The van der Waals surface area contributed by atoms with Crippen molar-refractivity contribution in [3.63, 3.8) is 0 Å². The first kappa shape index (κ1) is 14.7. The van der Waals surface area contributed by atoms with Crippen LogP contribution < -0.4 is 5.32 Å². The van der Waals surface area contributed by atoms with E-state index < -0.39 is 0 Å². The van der Waals surface area contributed by atoms with E-state index in [1.807, 2.05) is 31.3 Å². The molecule has 1 unspecified atom stereocenters. The van der Waals surface area contributed by atoms with Gasteiger partial charge in [0.25, 0.3) is 0 Å². The molecule has 0 aliphatic heterocycles. The third-order valence-electron chi connectivity index (χ3n) is 3.43. The van der Waals surface area contributed by atoms with Gasteiger partial charge in [-0.1, -0.05) is 25.1 Å². The smallest absolute Gasteiger partial charge is 0.126 e. The molecule has 0 bridgehead atoms. The van der Waals surface area contributed by atoms with Crippen LogP contribution in [0.1, 0.15) is 35.3 Å². The van der Waals surface area contributed by atoms with Crippen molar-refractivity contribution in [2.75, 3.05) is 6.54 Å². The molecule has 1 aromatic carbocycles. The molecule has 0 aliphatic carbocycles. The maximum atomic E-state index is 13.7. The quantitative estimate of drug-likeness (QED) is 0.897. The Morgan fingerprint density at radius 3 is 2.60 bits per heavy atom. The van der Waals surface area contributed by atoms with Crippen LogP contribution in [-0.2, 0) is 6.42 Å². The second-order valence-electron chi connectivity index (χ2n) is 5.15. The highest BCUT2D eigenvalue weighted by molar-refractivity contribution is 5.27. The Balaban J connectivity index is 2.21. The summed E-state index contributed by atoms with van der Waals surface area (Å²) in [5.74, 6) is -0.151. The minimum absolute atomic E-state index is 0.0882. The van der Waals surface area contributed by atoms with Gasteiger partial charge >= 0.3 is 0 Å². The first-order valence-corrected chi connectivity index (χ1v) is 7.01. The molecule has 0 saturated heterocycles. The second-order valence-corrected chi connectivity index (χ2v) is 5.15. The van der Waals surface area contributed by atoms with Gasteiger partial charge in [0.1, 0.15) is 5.82 Å². The van der Waals surface area contributed by atoms with Gasteiger partial charge < -0.3 is 5.32 Å². The van der Waals surface area contributed by atoms with Crippen molar-refractivity contribution < 1.29 is 4.39 Å². The van der Waals surface area contributed by atoms with Crippen LogP contribution in [0.5, 0.6) is 0 Å². The summed E-state index contributed by atoms with van der Waals surface area (Å²) < 4.78 is 13.7. The molecule has 106 valence electrons. The van der Waals surface area contributed by atoms with E-state index >= 15 is 0 Å². The SMILES string of the molecule is CCNC(Cc1ccc(C)cn1)c1ccc(C)c(F)c1. The van der Waals surface area contributed by atoms with Gasteiger partial charge in [-0.05, 0) is 49.2 Å². The molecule has 2 nitrogen and oxygen atoms in total. The van der Waals surface area contributed by atoms with Crippen LogP contribution in [0.2, 0.25) is 0 Å². The fourth-order valence-electron chi connectivity index (χ4n) is 2.21. The highest BCUT2D eigenvalue weighted by Gasteiger charge is 2.13. The van der Waals surface area contributed by atoms with E-state index in [9.17, 15) is 4.39 Å². The van der Waals surface area contributed by atoms with Crippen molar-refractivity contribution in [3.05, 3.63) is 64.7 Å². The average Bonchev–Trinajstić information content (AvgIpc) is 2.44.